The Morgan fingerprint density at radius 3 is 2.84 bits per heavy atom. The van der Waals surface area contributed by atoms with Gasteiger partial charge in [0.15, 0.2) is 0 Å². The topological polar surface area (TPSA) is 130 Å². The molecule has 1 aliphatic carbocycles. The summed E-state index contributed by atoms with van der Waals surface area (Å²) in [5.74, 6) is 2.42. The van der Waals surface area contributed by atoms with Gasteiger partial charge in [-0.05, 0) is 36.8 Å². The summed E-state index contributed by atoms with van der Waals surface area (Å²) in [6.45, 7) is 2.29. The van der Waals surface area contributed by atoms with Gasteiger partial charge in [0.1, 0.15) is 5.82 Å². The highest BCUT2D eigenvalue weighted by Crippen LogP contribution is 2.37. The summed E-state index contributed by atoms with van der Waals surface area (Å²) in [4.78, 5) is 14.3. The van der Waals surface area contributed by atoms with Crippen LogP contribution in [0.4, 0.5) is 11.9 Å². The molecule has 4 N–H and O–H groups in total. The number of aromatic nitrogens is 5. The van der Waals surface area contributed by atoms with E-state index < -0.39 is 0 Å². The Hall–Kier alpha value is -2.20. The van der Waals surface area contributed by atoms with E-state index in [1.165, 1.54) is 28.6 Å². The Labute approximate surface area is 152 Å². The lowest BCUT2D eigenvalue weighted by Crippen LogP contribution is -2.07. The second-order valence-electron chi connectivity index (χ2n) is 6.04. The second kappa shape index (κ2) is 6.60. The molecule has 0 aromatic carbocycles. The molecule has 25 heavy (non-hydrogen) atoms. The quantitative estimate of drug-likeness (QED) is 0.661. The van der Waals surface area contributed by atoms with Gasteiger partial charge in [0, 0.05) is 4.88 Å². The molecule has 8 nitrogen and oxygen atoms in total. The van der Waals surface area contributed by atoms with Crippen molar-refractivity contribution in [1.82, 2.24) is 25.1 Å². The smallest absolute Gasteiger partial charge is 0.277 e. The van der Waals surface area contributed by atoms with E-state index in [9.17, 15) is 0 Å². The third-order valence-corrected chi connectivity index (χ3v) is 6.03. The van der Waals surface area contributed by atoms with E-state index in [4.69, 9.17) is 15.9 Å². The van der Waals surface area contributed by atoms with E-state index in [0.29, 0.717) is 22.7 Å². The number of nitrogens with zero attached hydrogens (tertiary/aromatic N) is 5. The molecule has 3 aromatic heterocycles. The normalized spacial score (nSPS) is 16.8. The fraction of sp³-hybridized carbons (Fsp3) is 0.400. The number of fused-ring (bicyclic) bond motifs is 1. The number of rotatable bonds is 4. The van der Waals surface area contributed by atoms with Crippen molar-refractivity contribution in [1.29, 1.82) is 0 Å². The molecule has 0 bridgehead atoms. The van der Waals surface area contributed by atoms with Crippen LogP contribution in [0.3, 0.4) is 0 Å². The lowest BCUT2D eigenvalue weighted by atomic mass is 9.90. The van der Waals surface area contributed by atoms with Gasteiger partial charge in [-0.3, -0.25) is 0 Å². The Kier molecular flexibility index (Phi) is 4.30. The Balaban J connectivity index is 1.47. The summed E-state index contributed by atoms with van der Waals surface area (Å²) >= 11 is 3.09. The first-order chi connectivity index (χ1) is 12.1. The van der Waals surface area contributed by atoms with Crippen molar-refractivity contribution in [3.05, 3.63) is 22.3 Å². The van der Waals surface area contributed by atoms with Crippen molar-refractivity contribution in [2.45, 2.75) is 37.2 Å². The van der Waals surface area contributed by atoms with Crippen LogP contribution >= 0.6 is 23.1 Å². The van der Waals surface area contributed by atoms with Gasteiger partial charge < -0.3 is 15.9 Å². The van der Waals surface area contributed by atoms with E-state index in [1.807, 2.05) is 0 Å². The van der Waals surface area contributed by atoms with Gasteiger partial charge in [-0.25, -0.2) is 0 Å². The van der Waals surface area contributed by atoms with Gasteiger partial charge in [0.2, 0.25) is 11.9 Å². The van der Waals surface area contributed by atoms with Gasteiger partial charge in [0.05, 0.1) is 10.6 Å². The first-order valence-electron chi connectivity index (χ1n) is 7.91. The molecular weight excluding hydrogens is 358 g/mol. The van der Waals surface area contributed by atoms with E-state index in [-0.39, 0.29) is 11.9 Å². The molecule has 4 rings (SSSR count). The maximum Gasteiger partial charge on any atom is 0.277 e. The van der Waals surface area contributed by atoms with Crippen molar-refractivity contribution >= 4 is 35.0 Å². The zero-order chi connectivity index (χ0) is 17.4. The monoisotopic (exact) mass is 375 g/mol. The highest BCUT2D eigenvalue weighted by molar-refractivity contribution is 7.98. The summed E-state index contributed by atoms with van der Waals surface area (Å²) < 4.78 is 5.77. The first-order valence-corrected chi connectivity index (χ1v) is 9.71. The molecule has 10 heteroatoms. The van der Waals surface area contributed by atoms with E-state index in [2.05, 4.69) is 38.1 Å². The Morgan fingerprint density at radius 2 is 2.04 bits per heavy atom. The van der Waals surface area contributed by atoms with Crippen LogP contribution in [0.25, 0.3) is 10.8 Å². The highest BCUT2D eigenvalue weighted by Gasteiger charge is 2.21. The molecule has 0 amide bonds. The number of hydrogen-bond donors (Lipinski definition) is 2. The van der Waals surface area contributed by atoms with Crippen LogP contribution in [0.5, 0.6) is 0 Å². The molecule has 1 atom stereocenters. The second-order valence-corrected chi connectivity index (χ2v) is 8.10. The number of anilines is 2. The molecule has 0 spiro atoms. The summed E-state index contributed by atoms with van der Waals surface area (Å²) in [5.41, 5.74) is 12.5. The van der Waals surface area contributed by atoms with Gasteiger partial charge in [-0.15, -0.1) is 21.5 Å². The predicted molar refractivity (Wildman–Crippen MR) is 97.0 cm³/mol. The van der Waals surface area contributed by atoms with Crippen molar-refractivity contribution in [3.63, 3.8) is 0 Å². The summed E-state index contributed by atoms with van der Waals surface area (Å²) in [7, 11) is 0. The summed E-state index contributed by atoms with van der Waals surface area (Å²) in [6, 6.07) is 2.19. The molecule has 0 radical (unpaired) electrons. The van der Waals surface area contributed by atoms with Gasteiger partial charge in [-0.2, -0.15) is 15.0 Å². The van der Waals surface area contributed by atoms with Crippen molar-refractivity contribution in [2.24, 2.45) is 5.92 Å². The SMILES string of the molecule is C[C@H]1CCc2sc(-c3nnc(SCc4nc(N)nc(N)n4)o3)cc2C1. The van der Waals surface area contributed by atoms with Gasteiger partial charge >= 0.3 is 0 Å². The number of hydrogen-bond acceptors (Lipinski definition) is 10. The van der Waals surface area contributed by atoms with Gasteiger partial charge in [0.25, 0.3) is 11.1 Å². The third-order valence-electron chi connectivity index (χ3n) is 3.99. The number of nitrogen functional groups attached to an aromatic ring is 2. The average Bonchev–Trinajstić information content (AvgIpc) is 3.18. The van der Waals surface area contributed by atoms with Crippen LogP contribution < -0.4 is 11.5 Å². The minimum absolute atomic E-state index is 0.104. The molecule has 0 aliphatic heterocycles. The largest absolute Gasteiger partial charge is 0.410 e. The summed E-state index contributed by atoms with van der Waals surface area (Å²) in [5, 5.41) is 8.72. The maximum atomic E-state index is 5.77. The number of aryl methyl sites for hydroxylation is 1. The molecule has 3 heterocycles. The lowest BCUT2D eigenvalue weighted by Gasteiger charge is -2.16. The van der Waals surface area contributed by atoms with Crippen LogP contribution in [-0.2, 0) is 18.6 Å². The van der Waals surface area contributed by atoms with E-state index in [1.54, 1.807) is 11.3 Å². The Morgan fingerprint density at radius 1 is 1.24 bits per heavy atom. The predicted octanol–water partition coefficient (Wildman–Crippen LogP) is 2.56. The highest BCUT2D eigenvalue weighted by atomic mass is 32.2. The molecule has 130 valence electrons. The lowest BCUT2D eigenvalue weighted by molar-refractivity contribution is 0.466. The van der Waals surface area contributed by atoms with Crippen LogP contribution in [0, 0.1) is 5.92 Å². The van der Waals surface area contributed by atoms with Crippen LogP contribution in [0.1, 0.15) is 29.6 Å². The average molecular weight is 375 g/mol. The van der Waals surface area contributed by atoms with E-state index >= 15 is 0 Å². The fourth-order valence-electron chi connectivity index (χ4n) is 2.83. The fourth-order valence-corrected chi connectivity index (χ4v) is 4.57. The molecule has 0 saturated heterocycles. The molecule has 0 unspecified atom stereocenters. The zero-order valence-electron chi connectivity index (χ0n) is 13.6. The van der Waals surface area contributed by atoms with Crippen molar-refractivity contribution in [2.75, 3.05) is 11.5 Å². The molecule has 3 aromatic rings. The summed E-state index contributed by atoms with van der Waals surface area (Å²) in [6.07, 6.45) is 3.51. The number of thiophene rings is 1. The van der Waals surface area contributed by atoms with Crippen LogP contribution in [-0.4, -0.2) is 25.1 Å². The first kappa shape index (κ1) is 16.3. The Bertz CT molecular complexity index is 887. The number of thioether (sulfide) groups is 1. The van der Waals surface area contributed by atoms with Crippen molar-refractivity contribution in [3.8, 4) is 10.8 Å². The molecule has 0 saturated carbocycles. The molecule has 0 fully saturated rings. The minimum Gasteiger partial charge on any atom is -0.410 e. The van der Waals surface area contributed by atoms with E-state index in [0.717, 1.165) is 23.6 Å². The minimum atomic E-state index is 0.104. The van der Waals surface area contributed by atoms with Crippen LogP contribution in [0.15, 0.2) is 15.7 Å². The third kappa shape index (κ3) is 3.59. The number of nitrogens with two attached hydrogens (primary N) is 2. The molecular formula is C15H17N7OS2. The maximum absolute atomic E-state index is 5.77. The molecule has 1 aliphatic rings. The van der Waals surface area contributed by atoms with Crippen LogP contribution in [0.2, 0.25) is 0 Å². The van der Waals surface area contributed by atoms with Gasteiger partial charge in [-0.1, -0.05) is 18.7 Å². The van der Waals surface area contributed by atoms with Crippen molar-refractivity contribution < 1.29 is 4.42 Å². The standard InChI is InChI=1S/C15H17N7OS2/c1-7-2-3-9-8(4-7)5-10(25-9)12-21-22-15(23-12)24-6-11-18-13(16)20-14(17)19-11/h5,7H,2-4,6H2,1H3,(H4,16,17,18,19,20)/t7-/m0/s1. The zero-order valence-corrected chi connectivity index (χ0v) is 15.2.